The van der Waals surface area contributed by atoms with Gasteiger partial charge in [0.15, 0.2) is 0 Å². The van der Waals surface area contributed by atoms with E-state index in [1.165, 1.54) is 11.3 Å². The minimum Gasteiger partial charge on any atom is -0.350 e. The standard InChI is InChI=1S/C16H24N2OS/c1-12(13-4-6-14(20-2)7-5-13)18-15(19)10-16(11-17)8-3-9-16/h4-7,12H,3,8-11,17H2,1-2H3,(H,18,19). The third kappa shape index (κ3) is 3.55. The van der Waals surface area contributed by atoms with Crippen molar-refractivity contribution in [1.29, 1.82) is 0 Å². The van der Waals surface area contributed by atoms with Gasteiger partial charge >= 0.3 is 0 Å². The van der Waals surface area contributed by atoms with Gasteiger partial charge in [-0.15, -0.1) is 11.8 Å². The van der Waals surface area contributed by atoms with E-state index < -0.39 is 0 Å². The largest absolute Gasteiger partial charge is 0.350 e. The van der Waals surface area contributed by atoms with Gasteiger partial charge < -0.3 is 11.1 Å². The van der Waals surface area contributed by atoms with Gasteiger partial charge in [0.1, 0.15) is 0 Å². The molecule has 0 bridgehead atoms. The average Bonchev–Trinajstić information content (AvgIpc) is 2.43. The third-order valence-electron chi connectivity index (χ3n) is 4.38. The molecule has 0 aromatic heterocycles. The monoisotopic (exact) mass is 292 g/mol. The van der Waals surface area contributed by atoms with Crippen LogP contribution >= 0.6 is 11.8 Å². The fourth-order valence-electron chi connectivity index (χ4n) is 2.74. The number of rotatable bonds is 6. The lowest BCUT2D eigenvalue weighted by Gasteiger charge is -2.40. The van der Waals surface area contributed by atoms with Crippen molar-refractivity contribution in [2.45, 2.75) is 43.5 Å². The first-order valence-electron chi connectivity index (χ1n) is 7.22. The van der Waals surface area contributed by atoms with Crippen LogP contribution in [0.25, 0.3) is 0 Å². The molecule has 1 saturated carbocycles. The summed E-state index contributed by atoms with van der Waals surface area (Å²) in [5.41, 5.74) is 7.03. The minimum absolute atomic E-state index is 0.0494. The van der Waals surface area contributed by atoms with Gasteiger partial charge in [0, 0.05) is 11.3 Å². The van der Waals surface area contributed by atoms with Crippen molar-refractivity contribution < 1.29 is 4.79 Å². The molecule has 1 unspecified atom stereocenters. The molecule has 4 heteroatoms. The zero-order chi connectivity index (χ0) is 14.6. The van der Waals surface area contributed by atoms with Crippen molar-refractivity contribution in [2.24, 2.45) is 11.1 Å². The highest BCUT2D eigenvalue weighted by atomic mass is 32.2. The Morgan fingerprint density at radius 3 is 2.50 bits per heavy atom. The molecule has 1 amide bonds. The highest BCUT2D eigenvalue weighted by Crippen LogP contribution is 2.42. The van der Waals surface area contributed by atoms with Gasteiger partial charge in [0.05, 0.1) is 6.04 Å². The Bertz CT molecular complexity index is 449. The molecule has 3 N–H and O–H groups in total. The molecule has 0 spiro atoms. The molecule has 1 aliphatic carbocycles. The number of benzene rings is 1. The first-order chi connectivity index (χ1) is 9.58. The summed E-state index contributed by atoms with van der Waals surface area (Å²) < 4.78 is 0. The molecule has 1 atom stereocenters. The predicted molar refractivity (Wildman–Crippen MR) is 84.7 cm³/mol. The quantitative estimate of drug-likeness (QED) is 0.792. The summed E-state index contributed by atoms with van der Waals surface area (Å²) in [4.78, 5) is 13.4. The number of amides is 1. The maximum Gasteiger partial charge on any atom is 0.221 e. The third-order valence-corrected chi connectivity index (χ3v) is 5.12. The van der Waals surface area contributed by atoms with E-state index in [9.17, 15) is 4.79 Å². The van der Waals surface area contributed by atoms with E-state index in [0.29, 0.717) is 13.0 Å². The zero-order valence-corrected chi connectivity index (χ0v) is 13.1. The second-order valence-corrected chi connectivity index (χ2v) is 6.68. The highest BCUT2D eigenvalue weighted by molar-refractivity contribution is 7.98. The number of carbonyl (C=O) groups is 1. The van der Waals surface area contributed by atoms with E-state index in [0.717, 1.165) is 18.4 Å². The summed E-state index contributed by atoms with van der Waals surface area (Å²) in [7, 11) is 0. The summed E-state index contributed by atoms with van der Waals surface area (Å²) in [6.45, 7) is 2.65. The second kappa shape index (κ2) is 6.64. The fourth-order valence-corrected chi connectivity index (χ4v) is 3.15. The summed E-state index contributed by atoms with van der Waals surface area (Å²) in [6, 6.07) is 8.40. The minimum atomic E-state index is 0.0494. The molecular formula is C16H24N2OS. The van der Waals surface area contributed by atoms with Crippen LogP contribution in [0.2, 0.25) is 0 Å². The van der Waals surface area contributed by atoms with Gasteiger partial charge in [-0.3, -0.25) is 4.79 Å². The molecule has 1 aromatic rings. The van der Waals surface area contributed by atoms with Crippen LogP contribution in [-0.4, -0.2) is 18.7 Å². The van der Waals surface area contributed by atoms with E-state index in [2.05, 4.69) is 35.8 Å². The number of hydrogen-bond donors (Lipinski definition) is 2. The Hall–Kier alpha value is -1.00. The molecule has 1 aromatic carbocycles. The number of nitrogens with two attached hydrogens (primary N) is 1. The SMILES string of the molecule is CSc1ccc(C(C)NC(=O)CC2(CN)CCC2)cc1. The lowest BCUT2D eigenvalue weighted by molar-refractivity contribution is -0.125. The maximum atomic E-state index is 12.1. The van der Waals surface area contributed by atoms with Gasteiger partial charge in [-0.1, -0.05) is 18.6 Å². The van der Waals surface area contributed by atoms with Crippen LogP contribution in [0, 0.1) is 5.41 Å². The molecule has 1 aliphatic rings. The Kier molecular flexibility index (Phi) is 5.11. The van der Waals surface area contributed by atoms with Crippen molar-refractivity contribution in [3.63, 3.8) is 0 Å². The van der Waals surface area contributed by atoms with E-state index >= 15 is 0 Å². The smallest absolute Gasteiger partial charge is 0.221 e. The molecule has 0 heterocycles. The van der Waals surface area contributed by atoms with Gasteiger partial charge in [0.25, 0.3) is 0 Å². The Balaban J connectivity index is 1.89. The van der Waals surface area contributed by atoms with Crippen LogP contribution in [0.4, 0.5) is 0 Å². The average molecular weight is 292 g/mol. The number of thioether (sulfide) groups is 1. The van der Waals surface area contributed by atoms with Crippen molar-refractivity contribution in [3.8, 4) is 0 Å². The molecule has 20 heavy (non-hydrogen) atoms. The molecule has 0 aliphatic heterocycles. The fraction of sp³-hybridized carbons (Fsp3) is 0.562. The Labute approximate surface area is 125 Å². The first kappa shape index (κ1) is 15.4. The maximum absolute atomic E-state index is 12.1. The Morgan fingerprint density at radius 1 is 1.40 bits per heavy atom. The number of nitrogens with one attached hydrogen (secondary N) is 1. The normalized spacial score (nSPS) is 18.1. The van der Waals surface area contributed by atoms with Crippen molar-refractivity contribution in [2.75, 3.05) is 12.8 Å². The summed E-state index contributed by atoms with van der Waals surface area (Å²) in [5.74, 6) is 0.122. The highest BCUT2D eigenvalue weighted by Gasteiger charge is 2.37. The number of carbonyl (C=O) groups excluding carboxylic acids is 1. The first-order valence-corrected chi connectivity index (χ1v) is 8.44. The van der Waals surface area contributed by atoms with E-state index in [4.69, 9.17) is 5.73 Å². The van der Waals surface area contributed by atoms with Crippen LogP contribution in [0.3, 0.4) is 0 Å². The van der Waals surface area contributed by atoms with E-state index in [1.807, 2.05) is 6.92 Å². The summed E-state index contributed by atoms with van der Waals surface area (Å²) in [5, 5.41) is 3.09. The zero-order valence-electron chi connectivity index (χ0n) is 12.3. The molecule has 110 valence electrons. The second-order valence-electron chi connectivity index (χ2n) is 5.80. The Morgan fingerprint density at radius 2 is 2.05 bits per heavy atom. The number of hydrogen-bond acceptors (Lipinski definition) is 3. The molecule has 0 radical (unpaired) electrons. The van der Waals surface area contributed by atoms with Crippen LogP contribution < -0.4 is 11.1 Å². The predicted octanol–water partition coefficient (Wildman–Crippen LogP) is 3.10. The molecule has 3 nitrogen and oxygen atoms in total. The van der Waals surface area contributed by atoms with Gasteiger partial charge in [0.2, 0.25) is 5.91 Å². The van der Waals surface area contributed by atoms with Crippen LogP contribution in [0.15, 0.2) is 29.2 Å². The van der Waals surface area contributed by atoms with Crippen LogP contribution in [-0.2, 0) is 4.79 Å². The van der Waals surface area contributed by atoms with Crippen molar-refractivity contribution in [1.82, 2.24) is 5.32 Å². The molecule has 2 rings (SSSR count). The van der Waals surface area contributed by atoms with Gasteiger partial charge in [-0.25, -0.2) is 0 Å². The topological polar surface area (TPSA) is 55.1 Å². The van der Waals surface area contributed by atoms with Gasteiger partial charge in [-0.2, -0.15) is 0 Å². The van der Waals surface area contributed by atoms with E-state index in [1.54, 1.807) is 11.8 Å². The lowest BCUT2D eigenvalue weighted by Crippen LogP contribution is -2.42. The van der Waals surface area contributed by atoms with Crippen molar-refractivity contribution >= 4 is 17.7 Å². The van der Waals surface area contributed by atoms with Crippen LogP contribution in [0.5, 0.6) is 0 Å². The molecular weight excluding hydrogens is 268 g/mol. The molecule has 0 saturated heterocycles. The van der Waals surface area contributed by atoms with Gasteiger partial charge in [-0.05, 0) is 55.7 Å². The van der Waals surface area contributed by atoms with E-state index in [-0.39, 0.29) is 17.4 Å². The lowest BCUT2D eigenvalue weighted by atomic mass is 9.66. The molecule has 1 fully saturated rings. The summed E-state index contributed by atoms with van der Waals surface area (Å²) >= 11 is 1.72. The van der Waals surface area contributed by atoms with Crippen LogP contribution in [0.1, 0.15) is 44.2 Å². The van der Waals surface area contributed by atoms with Crippen molar-refractivity contribution in [3.05, 3.63) is 29.8 Å². The summed E-state index contributed by atoms with van der Waals surface area (Å²) in [6.07, 6.45) is 6.01.